The van der Waals surface area contributed by atoms with E-state index in [9.17, 15) is 23.2 Å². The molecule has 9 heteroatoms. The highest BCUT2D eigenvalue weighted by atomic mass is 19.3. The van der Waals surface area contributed by atoms with Crippen molar-refractivity contribution >= 4 is 17.9 Å². The fourth-order valence-corrected chi connectivity index (χ4v) is 4.10. The van der Waals surface area contributed by atoms with E-state index in [0.29, 0.717) is 16.7 Å². The molecule has 0 aliphatic heterocycles. The predicted octanol–water partition coefficient (Wildman–Crippen LogP) is 5.70. The van der Waals surface area contributed by atoms with Crippen LogP contribution in [0.25, 0.3) is 11.1 Å². The highest BCUT2D eigenvalue weighted by Gasteiger charge is 2.27. The number of carbonyl (C=O) groups is 3. The zero-order chi connectivity index (χ0) is 29.1. The van der Waals surface area contributed by atoms with Gasteiger partial charge in [-0.25, -0.2) is 13.6 Å². The molecule has 212 valence electrons. The van der Waals surface area contributed by atoms with E-state index < -0.39 is 36.4 Å². The molecule has 3 rings (SSSR count). The second kappa shape index (κ2) is 14.2. The van der Waals surface area contributed by atoms with E-state index in [1.807, 2.05) is 68.4 Å². The van der Waals surface area contributed by atoms with Crippen molar-refractivity contribution in [1.82, 2.24) is 16.0 Å². The molecular weight excluding hydrogens is 516 g/mol. The lowest BCUT2D eigenvalue weighted by molar-refractivity contribution is -0.125. The Bertz CT molecular complexity index is 1290. The van der Waals surface area contributed by atoms with Crippen LogP contribution < -0.4 is 16.0 Å². The molecule has 3 aromatic rings. The Morgan fingerprint density at radius 1 is 0.850 bits per heavy atom. The van der Waals surface area contributed by atoms with Crippen LogP contribution in [0, 0.1) is 5.92 Å². The summed E-state index contributed by atoms with van der Waals surface area (Å²) in [7, 11) is 0. The second-order valence-electron chi connectivity index (χ2n) is 10.1. The summed E-state index contributed by atoms with van der Waals surface area (Å²) < 4.78 is 31.9. The van der Waals surface area contributed by atoms with Gasteiger partial charge >= 0.3 is 6.09 Å². The lowest BCUT2D eigenvalue weighted by Gasteiger charge is -2.22. The summed E-state index contributed by atoms with van der Waals surface area (Å²) in [6, 6.07) is 22.5. The third-order valence-electron chi connectivity index (χ3n) is 6.02. The van der Waals surface area contributed by atoms with E-state index in [-0.39, 0.29) is 25.5 Å². The van der Waals surface area contributed by atoms with E-state index in [4.69, 9.17) is 4.74 Å². The Balaban J connectivity index is 1.75. The third kappa shape index (κ3) is 9.48. The standard InChI is InChI=1S/C31H35F2N3O4/c1-21(2)17-27(29(38)35-20-31(3,32)33)36-28(37)26-16-10-9-15-25(26)24-14-8-7-13-23(24)18-34-30(39)40-19-22-11-5-4-6-12-22/h4-16,21,27H,17-20H2,1-3H3,(H,34,39)(H,35,38)(H,36,37)/t27-/m0/s1. The first-order valence-electron chi connectivity index (χ1n) is 13.1. The summed E-state index contributed by atoms with van der Waals surface area (Å²) in [5.74, 6) is -4.22. The number of carbonyl (C=O) groups excluding carboxylic acids is 3. The van der Waals surface area contributed by atoms with Gasteiger partial charge in [0.1, 0.15) is 12.6 Å². The van der Waals surface area contributed by atoms with Gasteiger partial charge in [0.2, 0.25) is 5.91 Å². The molecule has 0 aliphatic carbocycles. The second-order valence-corrected chi connectivity index (χ2v) is 10.1. The van der Waals surface area contributed by atoms with E-state index >= 15 is 0 Å². The number of alkyl halides is 2. The fourth-order valence-electron chi connectivity index (χ4n) is 4.10. The molecule has 40 heavy (non-hydrogen) atoms. The quantitative estimate of drug-likeness (QED) is 0.269. The molecule has 0 aromatic heterocycles. The van der Waals surface area contributed by atoms with Gasteiger partial charge in [0, 0.05) is 19.0 Å². The molecule has 1 atom stereocenters. The summed E-state index contributed by atoms with van der Waals surface area (Å²) in [6.07, 6.45) is -0.300. The number of nitrogens with one attached hydrogen (secondary N) is 3. The van der Waals surface area contributed by atoms with Crippen molar-refractivity contribution < 1.29 is 27.9 Å². The van der Waals surface area contributed by atoms with Crippen molar-refractivity contribution in [3.8, 4) is 11.1 Å². The maximum Gasteiger partial charge on any atom is 0.407 e. The van der Waals surface area contributed by atoms with Crippen molar-refractivity contribution in [1.29, 1.82) is 0 Å². The highest BCUT2D eigenvalue weighted by Crippen LogP contribution is 2.27. The van der Waals surface area contributed by atoms with E-state index in [0.717, 1.165) is 18.1 Å². The van der Waals surface area contributed by atoms with Crippen LogP contribution in [0.4, 0.5) is 13.6 Å². The average molecular weight is 552 g/mol. The van der Waals surface area contributed by atoms with Crippen LogP contribution in [-0.2, 0) is 22.7 Å². The zero-order valence-corrected chi connectivity index (χ0v) is 22.9. The highest BCUT2D eigenvalue weighted by molar-refractivity contribution is 6.03. The molecule has 0 heterocycles. The summed E-state index contributed by atoms with van der Waals surface area (Å²) in [4.78, 5) is 38.4. The van der Waals surface area contributed by atoms with Crippen molar-refractivity contribution in [3.63, 3.8) is 0 Å². The molecule has 0 bridgehead atoms. The van der Waals surface area contributed by atoms with Crippen molar-refractivity contribution in [2.24, 2.45) is 5.92 Å². The zero-order valence-electron chi connectivity index (χ0n) is 22.9. The number of hydrogen-bond donors (Lipinski definition) is 3. The fraction of sp³-hybridized carbons (Fsp3) is 0.323. The predicted molar refractivity (Wildman–Crippen MR) is 150 cm³/mol. The number of ether oxygens (including phenoxy) is 1. The monoisotopic (exact) mass is 551 g/mol. The first-order valence-corrected chi connectivity index (χ1v) is 13.1. The summed E-state index contributed by atoms with van der Waals surface area (Å²) in [6.45, 7) is 3.95. The maximum absolute atomic E-state index is 13.4. The molecule has 0 spiro atoms. The Hall–Kier alpha value is -4.27. The van der Waals surface area contributed by atoms with Crippen molar-refractivity contribution in [3.05, 3.63) is 95.6 Å². The van der Waals surface area contributed by atoms with Crippen molar-refractivity contribution in [2.75, 3.05) is 6.54 Å². The minimum absolute atomic E-state index is 0.0295. The number of hydrogen-bond acceptors (Lipinski definition) is 4. The minimum Gasteiger partial charge on any atom is -0.445 e. The van der Waals surface area contributed by atoms with Gasteiger partial charge in [-0.15, -0.1) is 0 Å². The molecule has 3 amide bonds. The Labute approximate surface area is 233 Å². The molecule has 0 aliphatic rings. The first kappa shape index (κ1) is 30.3. The topological polar surface area (TPSA) is 96.5 Å². The molecule has 0 radical (unpaired) electrons. The van der Waals surface area contributed by atoms with Crippen LogP contribution in [0.5, 0.6) is 0 Å². The lowest BCUT2D eigenvalue weighted by atomic mass is 9.94. The molecule has 0 saturated heterocycles. The van der Waals surface area contributed by atoms with Crippen LogP contribution in [0.1, 0.15) is 48.7 Å². The van der Waals surface area contributed by atoms with E-state index in [1.54, 1.807) is 24.3 Å². The van der Waals surface area contributed by atoms with Gasteiger partial charge in [-0.05, 0) is 40.7 Å². The van der Waals surface area contributed by atoms with Crippen LogP contribution in [0.15, 0.2) is 78.9 Å². The van der Waals surface area contributed by atoms with Gasteiger partial charge in [-0.2, -0.15) is 0 Å². The van der Waals surface area contributed by atoms with Crippen LogP contribution in [0.2, 0.25) is 0 Å². The smallest absolute Gasteiger partial charge is 0.407 e. The largest absolute Gasteiger partial charge is 0.445 e. The van der Waals surface area contributed by atoms with Crippen molar-refractivity contribution in [2.45, 2.75) is 52.3 Å². The van der Waals surface area contributed by atoms with Gasteiger partial charge in [-0.3, -0.25) is 9.59 Å². The van der Waals surface area contributed by atoms with Crippen LogP contribution in [-0.4, -0.2) is 36.4 Å². The van der Waals surface area contributed by atoms with Gasteiger partial charge in [0.15, 0.2) is 0 Å². The van der Waals surface area contributed by atoms with E-state index in [2.05, 4.69) is 16.0 Å². The molecule has 3 N–H and O–H groups in total. The van der Waals surface area contributed by atoms with Crippen LogP contribution >= 0.6 is 0 Å². The number of halogens is 2. The number of alkyl carbamates (subject to hydrolysis) is 1. The molecule has 0 saturated carbocycles. The number of benzene rings is 3. The molecular formula is C31H35F2N3O4. The summed E-state index contributed by atoms with van der Waals surface area (Å²) in [5, 5.41) is 7.71. The first-order chi connectivity index (χ1) is 19.0. The number of rotatable bonds is 12. The number of amides is 3. The van der Waals surface area contributed by atoms with Gasteiger partial charge in [-0.1, -0.05) is 86.6 Å². The van der Waals surface area contributed by atoms with E-state index in [1.165, 1.54) is 0 Å². The van der Waals surface area contributed by atoms with Gasteiger partial charge in [0.05, 0.1) is 6.54 Å². The van der Waals surface area contributed by atoms with Crippen LogP contribution in [0.3, 0.4) is 0 Å². The van der Waals surface area contributed by atoms with Gasteiger partial charge < -0.3 is 20.7 Å². The third-order valence-corrected chi connectivity index (χ3v) is 6.02. The Morgan fingerprint density at radius 3 is 2.15 bits per heavy atom. The summed E-state index contributed by atoms with van der Waals surface area (Å²) >= 11 is 0. The Morgan fingerprint density at radius 2 is 1.48 bits per heavy atom. The molecule has 0 fully saturated rings. The lowest BCUT2D eigenvalue weighted by Crippen LogP contribution is -2.49. The molecule has 7 nitrogen and oxygen atoms in total. The minimum atomic E-state index is -3.07. The maximum atomic E-state index is 13.4. The average Bonchev–Trinajstić information content (AvgIpc) is 2.93. The molecule has 3 aromatic carbocycles. The molecule has 0 unspecified atom stereocenters. The SMILES string of the molecule is CC(C)C[C@H](NC(=O)c1ccccc1-c1ccccc1CNC(=O)OCc1ccccc1)C(=O)NCC(C)(F)F. The summed E-state index contributed by atoms with van der Waals surface area (Å²) in [5.41, 5.74) is 3.24. The van der Waals surface area contributed by atoms with Gasteiger partial charge in [0.25, 0.3) is 11.8 Å². The Kier molecular flexibility index (Phi) is 10.8. The normalized spacial score (nSPS) is 11.9.